The van der Waals surface area contributed by atoms with Crippen LogP contribution in [0, 0.1) is 17.5 Å². The van der Waals surface area contributed by atoms with E-state index >= 15 is 0 Å². The van der Waals surface area contributed by atoms with Crippen LogP contribution in [-0.4, -0.2) is 243 Å². The molecule has 25 nitrogen and oxygen atoms in total. The highest BCUT2D eigenvalue weighted by atomic mass is 32.2. The van der Waals surface area contributed by atoms with Crippen LogP contribution in [-0.2, 0) is 76.6 Å². The number of carbonyl (C=O) groups excluding carboxylic acids is 3. The highest BCUT2D eigenvalue weighted by Gasteiger charge is 2.54. The SMILES string of the molecule is CN([C@H]1COC2(CCN(C(=O)O[C@H](COP(=O)(OC[C@@H](OC(=O)N3CCC4(CC3)C[C@@H](N(C)S(=O)(=O)c3ccc(F)cc3)CO4)C(F)(F)F)OC[C@@H](OC(=O)N3CCC4(CC3)C[C@@H](N(C)S(=O)(=O)c3ccc(F)cc3)CO4)C(F)(F)F)C(F)(F)F)CC2)C1)S(=O)(=O)c1ccc(F)cc1. The molecule has 6 heterocycles. The maximum absolute atomic E-state index is 14.8. The number of likely N-dealkylation sites (N-methyl/N-ethyl adjacent to an activating group) is 3. The Hall–Kier alpha value is -5.65. The van der Waals surface area contributed by atoms with E-state index < -0.39 is 204 Å². The predicted octanol–water partition coefficient (Wildman–Crippen LogP) is 8.60. The summed E-state index contributed by atoms with van der Waals surface area (Å²) in [6.45, 7) is -9.51. The number of phosphoric acid groups is 1. The number of ether oxygens (including phenoxy) is 6. The van der Waals surface area contributed by atoms with Gasteiger partial charge in [0.2, 0.25) is 48.4 Å². The van der Waals surface area contributed by atoms with E-state index in [1.54, 1.807) is 0 Å². The highest BCUT2D eigenvalue weighted by Crippen LogP contribution is 2.52. The first kappa shape index (κ1) is 76.5. The van der Waals surface area contributed by atoms with Crippen molar-refractivity contribution in [3.05, 3.63) is 90.2 Å². The first-order valence-corrected chi connectivity index (χ1v) is 36.1. The zero-order chi connectivity index (χ0) is 71.8. The summed E-state index contributed by atoms with van der Waals surface area (Å²) in [5.41, 5.74) is -3.36. The Morgan fingerprint density at radius 1 is 0.449 bits per heavy atom. The lowest BCUT2D eigenvalue weighted by Gasteiger charge is -2.39. The molecule has 0 bridgehead atoms. The maximum atomic E-state index is 14.8. The Balaban J connectivity index is 0.849. The van der Waals surface area contributed by atoms with Gasteiger partial charge in [0, 0.05) is 60.4 Å². The van der Waals surface area contributed by atoms with Crippen LogP contribution in [0.3, 0.4) is 0 Å². The van der Waals surface area contributed by atoms with E-state index in [1.165, 1.54) is 21.1 Å². The molecule has 3 amide bonds. The molecule has 0 N–H and O–H groups in total. The number of nitrogens with zero attached hydrogens (tertiary/aromatic N) is 6. The second-order valence-corrected chi connectivity index (χ2v) is 32.2. The first-order valence-electron chi connectivity index (χ1n) is 30.3. The van der Waals surface area contributed by atoms with Crippen molar-refractivity contribution in [1.82, 2.24) is 27.6 Å². The van der Waals surface area contributed by atoms with Crippen LogP contribution in [0.4, 0.5) is 67.1 Å². The van der Waals surface area contributed by atoms with Gasteiger partial charge < -0.3 is 43.1 Å². The zero-order valence-electron chi connectivity index (χ0n) is 52.4. The van der Waals surface area contributed by atoms with Crippen LogP contribution >= 0.6 is 7.82 Å². The highest BCUT2D eigenvalue weighted by molar-refractivity contribution is 7.89. The van der Waals surface area contributed by atoms with E-state index in [9.17, 15) is 96.9 Å². The lowest BCUT2D eigenvalue weighted by Crippen LogP contribution is -2.49. The average Bonchev–Trinajstić information content (AvgIpc) is 1.60. The number of hydrogen-bond acceptors (Lipinski definition) is 19. The minimum Gasteiger partial charge on any atom is -0.434 e. The fraction of sp³-hybridized carbons (Fsp3) is 0.632. The fourth-order valence-corrected chi connectivity index (χ4v) is 17.4. The summed E-state index contributed by atoms with van der Waals surface area (Å²) in [5, 5.41) is 0. The van der Waals surface area contributed by atoms with Crippen molar-refractivity contribution in [1.29, 1.82) is 0 Å². The Morgan fingerprint density at radius 3 is 0.867 bits per heavy atom. The Labute approximate surface area is 555 Å². The lowest BCUT2D eigenvalue weighted by molar-refractivity contribution is -0.221. The summed E-state index contributed by atoms with van der Waals surface area (Å²) in [6, 6.07) is 9.54. The standard InChI is InChI=1S/C57H69F12N6O19PS3/c1-70(96(80,81)43-10-4-37(58)5-11-43)40-28-52(86-31-40)16-22-73(23-17-52)49(76)92-46(55(61,62)63)34-89-95(79,90-35-47(56(64,65)66)93-50(77)74-24-18-53(19-25-74)29-41(32-87-53)71(2)97(82,83)44-12-6-38(59)7-13-44)91-36-48(57(67,68)69)94-51(78)75-26-20-54(21-27-75)30-42(33-88-54)72(3)98(84,85)45-14-8-39(60)9-15-45/h4-15,40-42,46-48H,16-36H2,1-3H3/t40-,41-,42-,46-,47-,48-/m1/s1. The second-order valence-electron chi connectivity index (χ2n) is 24.5. The molecule has 6 atom stereocenters. The van der Waals surface area contributed by atoms with E-state index in [2.05, 4.69) is 14.2 Å². The molecule has 0 radical (unpaired) electrons. The van der Waals surface area contributed by atoms with Crippen LogP contribution in [0.25, 0.3) is 0 Å². The number of alkyl halides is 9. The maximum Gasteiger partial charge on any atom is 0.475 e. The van der Waals surface area contributed by atoms with Crippen LogP contribution in [0.15, 0.2) is 87.5 Å². The van der Waals surface area contributed by atoms with Gasteiger partial charge in [0.05, 0.1) is 69.4 Å². The smallest absolute Gasteiger partial charge is 0.434 e. The third kappa shape index (κ3) is 17.8. The van der Waals surface area contributed by atoms with Gasteiger partial charge in [0.1, 0.15) is 37.3 Å². The van der Waals surface area contributed by atoms with Gasteiger partial charge in [-0.2, -0.15) is 52.4 Å². The minimum absolute atomic E-state index is 0.0316. The first-order chi connectivity index (χ1) is 45.6. The molecule has 0 saturated carbocycles. The third-order valence-corrected chi connectivity index (χ3v) is 25.5. The van der Waals surface area contributed by atoms with Gasteiger partial charge in [-0.25, -0.2) is 57.4 Å². The predicted molar refractivity (Wildman–Crippen MR) is 312 cm³/mol. The van der Waals surface area contributed by atoms with Crippen molar-refractivity contribution >= 4 is 56.2 Å². The monoisotopic (exact) mass is 1500 g/mol. The van der Waals surface area contributed by atoms with Gasteiger partial charge in [0.15, 0.2) is 0 Å². The van der Waals surface area contributed by atoms with Crippen LogP contribution in [0.2, 0.25) is 0 Å². The number of rotatable bonds is 21. The van der Waals surface area contributed by atoms with Crippen molar-refractivity contribution in [2.45, 2.75) is 144 Å². The summed E-state index contributed by atoms with van der Waals surface area (Å²) in [7, 11) is -15.2. The average molecular weight is 1500 g/mol. The summed E-state index contributed by atoms with van der Waals surface area (Å²) < 4.78 is 317. The number of benzene rings is 3. The third-order valence-electron chi connectivity index (χ3n) is 18.4. The molecule has 41 heteroatoms. The van der Waals surface area contributed by atoms with E-state index in [0.29, 0.717) is 0 Å². The number of hydrogen-bond donors (Lipinski definition) is 0. The van der Waals surface area contributed by atoms with Crippen molar-refractivity contribution in [3.8, 4) is 0 Å². The van der Waals surface area contributed by atoms with Crippen LogP contribution in [0.5, 0.6) is 0 Å². The van der Waals surface area contributed by atoms with Crippen molar-refractivity contribution < 1.29 is 139 Å². The van der Waals surface area contributed by atoms with Crippen molar-refractivity contribution in [2.24, 2.45) is 0 Å². The zero-order valence-corrected chi connectivity index (χ0v) is 55.7. The molecule has 0 aliphatic carbocycles. The van der Waals surface area contributed by atoms with E-state index in [-0.39, 0.29) is 92.3 Å². The number of amides is 3. The molecule has 0 unspecified atom stereocenters. The molecular weight excluding hydrogens is 1430 g/mol. The molecule has 3 spiro atoms. The van der Waals surface area contributed by atoms with Crippen molar-refractivity contribution in [2.75, 3.05) is 100 Å². The summed E-state index contributed by atoms with van der Waals surface area (Å²) in [5.74, 6) is -2.09. The summed E-state index contributed by atoms with van der Waals surface area (Å²) >= 11 is 0. The van der Waals surface area contributed by atoms with E-state index in [1.807, 2.05) is 0 Å². The van der Waals surface area contributed by atoms with Crippen LogP contribution < -0.4 is 0 Å². The van der Waals surface area contributed by atoms with Crippen molar-refractivity contribution in [3.63, 3.8) is 0 Å². The van der Waals surface area contributed by atoms with Gasteiger partial charge in [-0.3, -0.25) is 13.6 Å². The molecule has 98 heavy (non-hydrogen) atoms. The van der Waals surface area contributed by atoms with Gasteiger partial charge in [0.25, 0.3) is 0 Å². The Morgan fingerprint density at radius 2 is 0.663 bits per heavy atom. The van der Waals surface area contributed by atoms with E-state index in [4.69, 9.17) is 27.8 Å². The molecule has 6 aliphatic heterocycles. The second kappa shape index (κ2) is 29.4. The Bertz CT molecular complexity index is 3340. The largest absolute Gasteiger partial charge is 0.475 e. The molecule has 6 saturated heterocycles. The number of carbonyl (C=O) groups is 3. The molecule has 548 valence electrons. The minimum atomic E-state index is -6.37. The number of piperidine rings is 3. The molecule has 3 aromatic rings. The number of halogens is 12. The van der Waals surface area contributed by atoms with Gasteiger partial charge in [-0.05, 0) is 131 Å². The molecule has 6 fully saturated rings. The molecular formula is C57H69F12N6O19PS3. The van der Waals surface area contributed by atoms with E-state index in [0.717, 1.165) is 100 Å². The van der Waals surface area contributed by atoms with Gasteiger partial charge in [-0.15, -0.1) is 0 Å². The summed E-state index contributed by atoms with van der Waals surface area (Å²) in [4.78, 5) is 41.8. The number of phosphoric ester groups is 1. The molecule has 9 rings (SSSR count). The topological polar surface area (TPSA) is 273 Å². The van der Waals surface area contributed by atoms with Gasteiger partial charge in [-0.1, -0.05) is 0 Å². The van der Waals surface area contributed by atoms with Gasteiger partial charge >= 0.3 is 44.6 Å². The molecule has 6 aliphatic rings. The quantitative estimate of drug-likeness (QED) is 0.0548. The number of sulfonamides is 3. The Kier molecular flexibility index (Phi) is 22.9. The normalized spacial score (nSPS) is 22.7. The summed E-state index contributed by atoms with van der Waals surface area (Å²) in [6.07, 6.45) is -33.5. The van der Waals surface area contributed by atoms with Crippen LogP contribution in [0.1, 0.15) is 57.8 Å². The number of likely N-dealkylation sites (tertiary alicyclic amines) is 3. The lowest BCUT2D eigenvalue weighted by atomic mass is 9.87. The molecule has 0 aromatic heterocycles. The fourth-order valence-electron chi connectivity index (χ4n) is 12.2. The molecule has 3 aromatic carbocycles.